The second-order valence-corrected chi connectivity index (χ2v) is 8.61. The molecule has 14 heteroatoms. The molecule has 202 valence electrons. The third-order valence-electron chi connectivity index (χ3n) is 5.40. The fourth-order valence-corrected chi connectivity index (χ4v) is 4.04. The Morgan fingerprint density at radius 3 is 2.58 bits per heavy atom. The van der Waals surface area contributed by atoms with Gasteiger partial charge >= 0.3 is 18.1 Å². The molecule has 2 aromatic carbocycles. The molecular formula is C24H22ClF3N4O6. The molecule has 0 spiro atoms. The normalized spacial score (nSPS) is 12.6. The summed E-state index contributed by atoms with van der Waals surface area (Å²) < 4.78 is 56.1. The fourth-order valence-electron chi connectivity index (χ4n) is 3.83. The van der Waals surface area contributed by atoms with Crippen molar-refractivity contribution in [2.45, 2.75) is 25.4 Å². The van der Waals surface area contributed by atoms with Crippen LogP contribution in [0.25, 0.3) is 11.2 Å². The zero-order chi connectivity index (χ0) is 27.4. The van der Waals surface area contributed by atoms with E-state index < -0.39 is 29.5 Å². The van der Waals surface area contributed by atoms with Crippen LogP contribution in [0.5, 0.6) is 17.5 Å². The number of halogens is 4. The number of nitrogens with one attached hydrogen (secondary N) is 1. The molecule has 0 fully saturated rings. The van der Waals surface area contributed by atoms with E-state index in [1.165, 1.54) is 23.7 Å². The molecule has 10 nitrogen and oxygen atoms in total. The number of ether oxygens (including phenoxy) is 3. The van der Waals surface area contributed by atoms with Crippen LogP contribution in [0.4, 0.5) is 13.2 Å². The summed E-state index contributed by atoms with van der Waals surface area (Å²) in [6.45, 7) is -0.306. The predicted molar refractivity (Wildman–Crippen MR) is 131 cm³/mol. The van der Waals surface area contributed by atoms with E-state index in [1.54, 1.807) is 18.2 Å². The van der Waals surface area contributed by atoms with Gasteiger partial charge in [-0.2, -0.15) is 4.98 Å². The number of alkyl halides is 3. The first kappa shape index (κ1) is 27.2. The van der Waals surface area contributed by atoms with Gasteiger partial charge in [-0.15, -0.1) is 13.2 Å². The predicted octanol–water partition coefficient (Wildman–Crippen LogP) is 3.39. The standard InChI is InChI=1S/C24H22ClF3N4O6/c1-31-20-19(21(34)30-22(31)35)32(13-18(36-9-8-33)11-14-4-2-5-15(25)10-14)23(29-20)37-16-6-3-7-17(12-16)38-24(26,27)28/h2-7,10,12,18,33H,8-9,11,13H2,1H3,(H,30,34,35). The summed E-state index contributed by atoms with van der Waals surface area (Å²) in [4.78, 5) is 31.5. The molecule has 0 aliphatic heterocycles. The van der Waals surface area contributed by atoms with Crippen molar-refractivity contribution in [3.8, 4) is 17.5 Å². The lowest BCUT2D eigenvalue weighted by Crippen LogP contribution is -2.30. The van der Waals surface area contributed by atoms with E-state index in [4.69, 9.17) is 21.1 Å². The molecule has 0 bridgehead atoms. The summed E-state index contributed by atoms with van der Waals surface area (Å²) >= 11 is 6.10. The number of aromatic nitrogens is 4. The number of nitrogens with zero attached hydrogens (tertiary/aromatic N) is 3. The molecule has 2 aromatic heterocycles. The number of benzene rings is 2. The smallest absolute Gasteiger partial charge is 0.425 e. The number of fused-ring (bicyclic) bond motifs is 1. The Labute approximate surface area is 217 Å². The molecule has 4 rings (SSSR count). The first-order chi connectivity index (χ1) is 18.0. The molecule has 2 heterocycles. The van der Waals surface area contributed by atoms with Gasteiger partial charge in [0.15, 0.2) is 11.2 Å². The van der Waals surface area contributed by atoms with Gasteiger partial charge in [-0.3, -0.25) is 18.9 Å². The van der Waals surface area contributed by atoms with E-state index in [0.717, 1.165) is 22.3 Å². The van der Waals surface area contributed by atoms with E-state index in [-0.39, 0.29) is 42.7 Å². The van der Waals surface area contributed by atoms with Gasteiger partial charge in [-0.25, -0.2) is 4.79 Å². The van der Waals surface area contributed by atoms with Crippen LogP contribution in [0.15, 0.2) is 58.1 Å². The van der Waals surface area contributed by atoms with Crippen LogP contribution in [-0.4, -0.2) is 49.9 Å². The number of aromatic amines is 1. The van der Waals surface area contributed by atoms with Crippen molar-refractivity contribution >= 4 is 22.8 Å². The minimum Gasteiger partial charge on any atom is -0.425 e. The Balaban J connectivity index is 1.77. The molecular weight excluding hydrogens is 533 g/mol. The van der Waals surface area contributed by atoms with Crippen LogP contribution in [0.3, 0.4) is 0 Å². The largest absolute Gasteiger partial charge is 0.573 e. The van der Waals surface area contributed by atoms with Crippen molar-refractivity contribution in [2.24, 2.45) is 7.05 Å². The summed E-state index contributed by atoms with van der Waals surface area (Å²) in [6, 6.07) is 11.6. The molecule has 1 unspecified atom stereocenters. The van der Waals surface area contributed by atoms with Crippen molar-refractivity contribution in [2.75, 3.05) is 13.2 Å². The lowest BCUT2D eigenvalue weighted by atomic mass is 10.1. The first-order valence-electron chi connectivity index (χ1n) is 11.2. The summed E-state index contributed by atoms with van der Waals surface area (Å²) in [6.07, 6.45) is -5.22. The van der Waals surface area contributed by atoms with Crippen LogP contribution in [0, 0.1) is 0 Å². The molecule has 0 amide bonds. The van der Waals surface area contributed by atoms with Crippen LogP contribution >= 0.6 is 11.6 Å². The van der Waals surface area contributed by atoms with Gasteiger partial charge < -0.3 is 19.3 Å². The van der Waals surface area contributed by atoms with Gasteiger partial charge in [0.25, 0.3) is 5.56 Å². The number of H-pyrrole nitrogens is 1. The van der Waals surface area contributed by atoms with E-state index in [2.05, 4.69) is 14.7 Å². The first-order valence-corrected chi connectivity index (χ1v) is 11.6. The molecule has 0 aliphatic rings. The maximum Gasteiger partial charge on any atom is 0.573 e. The van der Waals surface area contributed by atoms with Crippen molar-refractivity contribution in [1.29, 1.82) is 0 Å². The molecule has 38 heavy (non-hydrogen) atoms. The van der Waals surface area contributed by atoms with Gasteiger partial charge in [0.05, 0.1) is 25.9 Å². The Bertz CT molecular complexity index is 1550. The maximum atomic E-state index is 12.8. The van der Waals surface area contributed by atoms with Crippen LogP contribution in [0.2, 0.25) is 5.02 Å². The molecule has 0 saturated carbocycles. The van der Waals surface area contributed by atoms with E-state index >= 15 is 0 Å². The summed E-state index contributed by atoms with van der Waals surface area (Å²) in [5.41, 5.74) is -0.686. The van der Waals surface area contributed by atoms with Crippen LogP contribution in [-0.2, 0) is 24.8 Å². The summed E-state index contributed by atoms with van der Waals surface area (Å²) in [7, 11) is 1.39. The summed E-state index contributed by atoms with van der Waals surface area (Å²) in [5.74, 6) is -0.583. The zero-order valence-electron chi connectivity index (χ0n) is 19.9. The second-order valence-electron chi connectivity index (χ2n) is 8.17. The molecule has 0 radical (unpaired) electrons. The Morgan fingerprint density at radius 1 is 1.13 bits per heavy atom. The third kappa shape index (κ3) is 6.54. The fraction of sp³-hybridized carbons (Fsp3) is 0.292. The number of hydrogen-bond acceptors (Lipinski definition) is 7. The van der Waals surface area contributed by atoms with Crippen molar-refractivity contribution in [1.82, 2.24) is 19.1 Å². The number of aliphatic hydroxyl groups is 1. The van der Waals surface area contributed by atoms with Crippen LogP contribution < -0.4 is 20.7 Å². The highest BCUT2D eigenvalue weighted by molar-refractivity contribution is 6.30. The monoisotopic (exact) mass is 554 g/mol. The second kappa shape index (κ2) is 11.3. The number of rotatable bonds is 10. The lowest BCUT2D eigenvalue weighted by Gasteiger charge is -2.20. The minimum absolute atomic E-state index is 0.0138. The average molecular weight is 555 g/mol. The third-order valence-corrected chi connectivity index (χ3v) is 5.64. The van der Waals surface area contributed by atoms with Gasteiger partial charge in [-0.05, 0) is 29.8 Å². The number of aryl methyl sites for hydroxylation is 1. The SMILES string of the molecule is Cn1c(=O)[nH]c(=O)c2c1nc(Oc1cccc(OC(F)(F)F)c1)n2CC(Cc1cccc(Cl)c1)OCCO. The van der Waals surface area contributed by atoms with Gasteiger partial charge in [0, 0.05) is 24.6 Å². The molecule has 0 saturated heterocycles. The van der Waals surface area contributed by atoms with Crippen molar-refractivity contribution < 1.29 is 32.5 Å². The van der Waals surface area contributed by atoms with Crippen LogP contribution in [0.1, 0.15) is 5.56 Å². The molecule has 2 N–H and O–H groups in total. The molecule has 0 aliphatic carbocycles. The Hall–Kier alpha value is -3.81. The highest BCUT2D eigenvalue weighted by Gasteiger charge is 2.31. The number of imidazole rings is 1. The number of hydrogen-bond donors (Lipinski definition) is 2. The van der Waals surface area contributed by atoms with E-state index in [0.29, 0.717) is 11.4 Å². The minimum atomic E-state index is -4.91. The van der Waals surface area contributed by atoms with Gasteiger partial charge in [-0.1, -0.05) is 29.8 Å². The quantitative estimate of drug-likeness (QED) is 0.308. The van der Waals surface area contributed by atoms with E-state index in [1.807, 2.05) is 6.07 Å². The average Bonchev–Trinajstić information content (AvgIpc) is 3.18. The van der Waals surface area contributed by atoms with Gasteiger partial charge in [0.1, 0.15) is 11.5 Å². The number of aliphatic hydroxyl groups excluding tert-OH is 1. The highest BCUT2D eigenvalue weighted by Crippen LogP contribution is 2.30. The molecule has 4 aromatic rings. The van der Waals surface area contributed by atoms with Crippen molar-refractivity contribution in [3.05, 3.63) is 80.0 Å². The maximum absolute atomic E-state index is 12.8. The summed E-state index contributed by atoms with van der Waals surface area (Å²) in [5, 5.41) is 9.82. The zero-order valence-corrected chi connectivity index (χ0v) is 20.6. The van der Waals surface area contributed by atoms with Crippen molar-refractivity contribution in [3.63, 3.8) is 0 Å². The highest BCUT2D eigenvalue weighted by atomic mass is 35.5. The Kier molecular flexibility index (Phi) is 8.09. The topological polar surface area (TPSA) is 121 Å². The van der Waals surface area contributed by atoms with Gasteiger partial charge in [0.2, 0.25) is 0 Å². The Morgan fingerprint density at radius 2 is 1.87 bits per heavy atom. The lowest BCUT2D eigenvalue weighted by molar-refractivity contribution is -0.274. The van der Waals surface area contributed by atoms with E-state index in [9.17, 15) is 27.9 Å². The molecule has 1 atom stereocenters.